The highest BCUT2D eigenvalue weighted by atomic mass is 32.2. The number of nitrogens with zero attached hydrogens (tertiary/aromatic N) is 2. The fourth-order valence-electron chi connectivity index (χ4n) is 3.31. The molecule has 0 unspecified atom stereocenters. The number of benzene rings is 2. The van der Waals surface area contributed by atoms with Crippen molar-refractivity contribution in [3.05, 3.63) is 77.7 Å². The lowest BCUT2D eigenvalue weighted by Gasteiger charge is -2.17. The van der Waals surface area contributed by atoms with Crippen molar-refractivity contribution in [1.29, 1.82) is 0 Å². The molecule has 1 aromatic heterocycles. The number of carbonyl (C=O) groups excluding carboxylic acids is 2. The lowest BCUT2D eigenvalue weighted by atomic mass is 10.0. The van der Waals surface area contributed by atoms with Crippen LogP contribution in [0.1, 0.15) is 41.1 Å². The van der Waals surface area contributed by atoms with Crippen LogP contribution in [-0.4, -0.2) is 37.1 Å². The minimum Gasteiger partial charge on any atom is -0.377 e. The number of carbonyl (C=O) groups is 2. The number of hydrogen-bond acceptors (Lipinski definition) is 6. The number of para-hydroxylation sites is 1. The Morgan fingerprint density at radius 1 is 1.13 bits per heavy atom. The molecular weight excluding hydrogens is 408 g/mol. The molecule has 0 amide bonds. The molecule has 2 aromatic carbocycles. The first-order valence-electron chi connectivity index (χ1n) is 10.4. The molecule has 0 aliphatic carbocycles. The first kappa shape index (κ1) is 22.8. The van der Waals surface area contributed by atoms with Crippen LogP contribution in [0.25, 0.3) is 0 Å². The molecule has 0 fully saturated rings. The van der Waals surface area contributed by atoms with Gasteiger partial charge in [-0.1, -0.05) is 47.6 Å². The van der Waals surface area contributed by atoms with Gasteiger partial charge in [-0.2, -0.15) is 0 Å². The summed E-state index contributed by atoms with van der Waals surface area (Å²) < 4.78 is 5.32. The van der Waals surface area contributed by atoms with Gasteiger partial charge in [0.25, 0.3) is 0 Å². The summed E-state index contributed by atoms with van der Waals surface area (Å²) in [7, 11) is 4.02. The molecule has 1 heterocycles. The fraction of sp³-hybridized carbons (Fsp3) is 0.320. The van der Waals surface area contributed by atoms with Crippen LogP contribution >= 0.6 is 11.8 Å². The standard InChI is InChI=1S/C25H28N2O3S/c1-27(2)23-12-6-7-14-25(23)31-18-20(17-28)11-8-13-24(29)22-16-21(30-26-22)15-19-9-4-3-5-10-19/h3-7,9-10,12,14,16-17,20H,8,11,13,15,18H2,1-2H3/t20-/m1/s1. The van der Waals surface area contributed by atoms with Crippen molar-refractivity contribution in [2.45, 2.75) is 30.6 Å². The van der Waals surface area contributed by atoms with Crippen LogP contribution < -0.4 is 4.90 Å². The summed E-state index contributed by atoms with van der Waals surface area (Å²) >= 11 is 1.68. The summed E-state index contributed by atoms with van der Waals surface area (Å²) in [6.07, 6.45) is 3.31. The minimum atomic E-state index is -0.0843. The van der Waals surface area contributed by atoms with Crippen LogP contribution in [0.2, 0.25) is 0 Å². The number of hydrogen-bond donors (Lipinski definition) is 0. The van der Waals surface area contributed by atoms with Crippen molar-refractivity contribution < 1.29 is 14.1 Å². The molecule has 3 aromatic rings. The van der Waals surface area contributed by atoms with Crippen LogP contribution in [0.15, 0.2) is 70.1 Å². The van der Waals surface area contributed by atoms with E-state index in [1.54, 1.807) is 17.8 Å². The van der Waals surface area contributed by atoms with E-state index in [-0.39, 0.29) is 11.7 Å². The molecule has 5 nitrogen and oxygen atoms in total. The number of aldehydes is 1. The Bertz CT molecular complexity index is 985. The number of Topliss-reactive ketones (excluding diaryl/α,β-unsaturated/α-hetero) is 1. The monoisotopic (exact) mass is 436 g/mol. The molecule has 0 saturated heterocycles. The van der Waals surface area contributed by atoms with Gasteiger partial charge < -0.3 is 14.2 Å². The molecule has 0 radical (unpaired) electrons. The molecule has 0 N–H and O–H groups in total. The highest BCUT2D eigenvalue weighted by molar-refractivity contribution is 7.99. The maximum Gasteiger partial charge on any atom is 0.184 e. The Morgan fingerprint density at radius 2 is 1.87 bits per heavy atom. The van der Waals surface area contributed by atoms with Crippen molar-refractivity contribution >= 4 is 29.5 Å². The summed E-state index contributed by atoms with van der Waals surface area (Å²) in [5.74, 6) is 1.25. The summed E-state index contributed by atoms with van der Waals surface area (Å²) in [4.78, 5) is 27.2. The summed E-state index contributed by atoms with van der Waals surface area (Å²) in [6.45, 7) is 0. The maximum absolute atomic E-state index is 12.5. The molecule has 0 bridgehead atoms. The first-order chi connectivity index (χ1) is 15.1. The molecule has 3 rings (SSSR count). The number of anilines is 1. The molecular formula is C25H28N2O3S. The van der Waals surface area contributed by atoms with Crippen LogP contribution in [0.5, 0.6) is 0 Å². The van der Waals surface area contributed by atoms with Crippen molar-refractivity contribution in [3.63, 3.8) is 0 Å². The van der Waals surface area contributed by atoms with E-state index in [1.807, 2.05) is 56.6 Å². The predicted molar refractivity (Wildman–Crippen MR) is 125 cm³/mol. The van der Waals surface area contributed by atoms with Crippen LogP contribution in [0.3, 0.4) is 0 Å². The van der Waals surface area contributed by atoms with Gasteiger partial charge in [0.05, 0.1) is 0 Å². The SMILES string of the molecule is CN(C)c1ccccc1SC[C@@H](C=O)CCCC(=O)c1cc(Cc2ccccc2)on1. The van der Waals surface area contributed by atoms with Crippen molar-refractivity contribution in [3.8, 4) is 0 Å². The summed E-state index contributed by atoms with van der Waals surface area (Å²) in [5, 5.41) is 3.93. The van der Waals surface area contributed by atoms with Gasteiger partial charge >= 0.3 is 0 Å². The second-order valence-electron chi connectivity index (χ2n) is 7.73. The van der Waals surface area contributed by atoms with E-state index in [0.717, 1.165) is 22.4 Å². The van der Waals surface area contributed by atoms with Crippen molar-refractivity contribution in [1.82, 2.24) is 5.16 Å². The van der Waals surface area contributed by atoms with Gasteiger partial charge in [-0.05, 0) is 30.5 Å². The largest absolute Gasteiger partial charge is 0.377 e. The van der Waals surface area contributed by atoms with Gasteiger partial charge in [0.2, 0.25) is 0 Å². The molecule has 0 aliphatic rings. The van der Waals surface area contributed by atoms with Gasteiger partial charge in [0.1, 0.15) is 17.7 Å². The van der Waals surface area contributed by atoms with Crippen molar-refractivity contribution in [2.75, 3.05) is 24.7 Å². The van der Waals surface area contributed by atoms with E-state index in [9.17, 15) is 9.59 Å². The summed E-state index contributed by atoms with van der Waals surface area (Å²) in [5.41, 5.74) is 2.62. The van der Waals surface area contributed by atoms with E-state index < -0.39 is 0 Å². The number of aromatic nitrogens is 1. The zero-order chi connectivity index (χ0) is 22.1. The van der Waals surface area contributed by atoms with Gasteiger partial charge in [0, 0.05) is 55.3 Å². The molecule has 31 heavy (non-hydrogen) atoms. The highest BCUT2D eigenvalue weighted by Crippen LogP contribution is 2.30. The van der Waals surface area contributed by atoms with Crippen LogP contribution in [-0.2, 0) is 11.2 Å². The van der Waals surface area contributed by atoms with Crippen LogP contribution in [0, 0.1) is 5.92 Å². The third-order valence-electron chi connectivity index (χ3n) is 5.04. The van der Waals surface area contributed by atoms with E-state index in [0.29, 0.717) is 42.9 Å². The first-order valence-corrected chi connectivity index (χ1v) is 11.4. The maximum atomic E-state index is 12.5. The Morgan fingerprint density at radius 3 is 2.61 bits per heavy atom. The zero-order valence-electron chi connectivity index (χ0n) is 18.0. The Labute approximate surface area is 187 Å². The third-order valence-corrected chi connectivity index (χ3v) is 6.29. The molecule has 0 saturated carbocycles. The second-order valence-corrected chi connectivity index (χ2v) is 8.79. The number of rotatable bonds is 12. The van der Waals surface area contributed by atoms with Gasteiger partial charge in [-0.15, -0.1) is 11.8 Å². The molecule has 0 aliphatic heterocycles. The smallest absolute Gasteiger partial charge is 0.184 e. The predicted octanol–water partition coefficient (Wildman–Crippen LogP) is 5.29. The molecule has 6 heteroatoms. The lowest BCUT2D eigenvalue weighted by Crippen LogP contribution is -2.11. The van der Waals surface area contributed by atoms with Crippen molar-refractivity contribution in [2.24, 2.45) is 5.92 Å². The Balaban J connectivity index is 1.45. The normalized spacial score (nSPS) is 11.8. The van der Waals surface area contributed by atoms with Crippen LogP contribution in [0.4, 0.5) is 5.69 Å². The van der Waals surface area contributed by atoms with E-state index in [1.165, 1.54) is 0 Å². The summed E-state index contributed by atoms with van der Waals surface area (Å²) in [6, 6.07) is 19.8. The second kappa shape index (κ2) is 11.5. The van der Waals surface area contributed by atoms with E-state index >= 15 is 0 Å². The average Bonchev–Trinajstić information content (AvgIpc) is 3.25. The van der Waals surface area contributed by atoms with Gasteiger partial charge in [0.15, 0.2) is 5.78 Å². The zero-order valence-corrected chi connectivity index (χ0v) is 18.8. The minimum absolute atomic E-state index is 0.0432. The number of ketones is 1. The Kier molecular flexibility index (Phi) is 8.47. The lowest BCUT2D eigenvalue weighted by molar-refractivity contribution is -0.110. The highest BCUT2D eigenvalue weighted by Gasteiger charge is 2.15. The quantitative estimate of drug-likeness (QED) is 0.218. The van der Waals surface area contributed by atoms with E-state index in [4.69, 9.17) is 4.52 Å². The molecule has 162 valence electrons. The number of thioether (sulfide) groups is 1. The van der Waals surface area contributed by atoms with E-state index in [2.05, 4.69) is 22.2 Å². The average molecular weight is 437 g/mol. The van der Waals surface area contributed by atoms with Gasteiger partial charge in [-0.3, -0.25) is 4.79 Å². The Hall–Kier alpha value is -2.86. The molecule has 0 spiro atoms. The molecule has 1 atom stereocenters. The topological polar surface area (TPSA) is 63.4 Å². The van der Waals surface area contributed by atoms with Gasteiger partial charge in [-0.25, -0.2) is 0 Å². The fourth-order valence-corrected chi connectivity index (χ4v) is 4.53. The third kappa shape index (κ3) is 6.82.